The van der Waals surface area contributed by atoms with Crippen LogP contribution in [0.2, 0.25) is 0 Å². The minimum absolute atomic E-state index is 0.126. The summed E-state index contributed by atoms with van der Waals surface area (Å²) in [5.41, 5.74) is 2.34. The molecule has 3 heterocycles. The van der Waals surface area contributed by atoms with Gasteiger partial charge in [0.2, 0.25) is 11.8 Å². The maximum Gasteiger partial charge on any atom is 0.236 e. The molecule has 1 atom stereocenters. The van der Waals surface area contributed by atoms with Gasteiger partial charge in [-0.1, -0.05) is 6.07 Å². The Morgan fingerprint density at radius 2 is 2.29 bits per heavy atom. The highest BCUT2D eigenvalue weighted by Crippen LogP contribution is 2.38. The fraction of sp³-hybridized carbons (Fsp3) is 0.333. The minimum Gasteiger partial charge on any atom is -0.492 e. The molecule has 0 bridgehead atoms. The average Bonchev–Trinajstić information content (AvgIpc) is 3.36. The van der Waals surface area contributed by atoms with Crippen LogP contribution in [0.4, 0.5) is 5.69 Å². The first-order chi connectivity index (χ1) is 13.5. The monoisotopic (exact) mass is 398 g/mol. The molecule has 1 unspecified atom stereocenters. The van der Waals surface area contributed by atoms with Crippen LogP contribution in [0, 0.1) is 6.92 Å². The summed E-state index contributed by atoms with van der Waals surface area (Å²) < 4.78 is 17.3. The molecule has 7 heteroatoms. The number of benzene rings is 1. The lowest BCUT2D eigenvalue weighted by Gasteiger charge is -2.13. The van der Waals surface area contributed by atoms with E-state index in [0.717, 1.165) is 22.6 Å². The molecule has 0 fully saturated rings. The molecule has 3 aromatic rings. The second-order valence-corrected chi connectivity index (χ2v) is 7.69. The number of fused-ring (bicyclic) bond motifs is 1. The predicted octanol–water partition coefficient (Wildman–Crippen LogP) is 4.61. The summed E-state index contributed by atoms with van der Waals surface area (Å²) >= 11 is 1.55. The third-order valence-electron chi connectivity index (χ3n) is 4.52. The average molecular weight is 398 g/mol. The van der Waals surface area contributed by atoms with Crippen molar-refractivity contribution in [3.8, 4) is 22.3 Å². The van der Waals surface area contributed by atoms with Gasteiger partial charge in [0.25, 0.3) is 0 Å². The number of rotatable bonds is 6. The molecule has 1 aliphatic rings. The zero-order valence-corrected chi connectivity index (χ0v) is 16.9. The summed E-state index contributed by atoms with van der Waals surface area (Å²) in [6.07, 6.45) is 1.09. The lowest BCUT2D eigenvalue weighted by Crippen LogP contribution is -2.16. The molecule has 0 saturated carbocycles. The molecule has 1 amide bonds. The van der Waals surface area contributed by atoms with E-state index in [1.165, 1.54) is 0 Å². The number of thiophene rings is 1. The smallest absolute Gasteiger partial charge is 0.236 e. The van der Waals surface area contributed by atoms with Crippen molar-refractivity contribution in [2.24, 2.45) is 0 Å². The summed E-state index contributed by atoms with van der Waals surface area (Å²) in [6, 6.07) is 7.68. The van der Waals surface area contributed by atoms with E-state index in [2.05, 4.69) is 10.3 Å². The number of amides is 1. The van der Waals surface area contributed by atoms with E-state index in [4.69, 9.17) is 13.9 Å². The first-order valence-electron chi connectivity index (χ1n) is 9.30. The van der Waals surface area contributed by atoms with Crippen molar-refractivity contribution in [3.05, 3.63) is 46.7 Å². The maximum absolute atomic E-state index is 12.7. The van der Waals surface area contributed by atoms with Crippen molar-refractivity contribution in [2.45, 2.75) is 39.7 Å². The molecule has 0 spiro atoms. The number of nitrogens with one attached hydrogen (secondary N) is 1. The minimum atomic E-state index is -0.180. The number of oxazole rings is 1. The Balaban J connectivity index is 1.52. The molecule has 1 aliphatic heterocycles. The van der Waals surface area contributed by atoms with Crippen LogP contribution in [-0.2, 0) is 17.6 Å². The first-order valence-corrected chi connectivity index (χ1v) is 10.2. The van der Waals surface area contributed by atoms with Crippen LogP contribution in [0.25, 0.3) is 10.8 Å². The summed E-state index contributed by atoms with van der Waals surface area (Å²) in [6.45, 7) is 6.29. The number of hydrogen-bond donors (Lipinski definition) is 1. The lowest BCUT2D eigenvalue weighted by atomic mass is 10.1. The maximum atomic E-state index is 12.7. The van der Waals surface area contributed by atoms with Crippen LogP contribution in [0.15, 0.2) is 34.1 Å². The van der Waals surface area contributed by atoms with Crippen LogP contribution in [0.5, 0.6) is 11.5 Å². The van der Waals surface area contributed by atoms with Gasteiger partial charge in [0, 0.05) is 18.1 Å². The zero-order chi connectivity index (χ0) is 19.7. The van der Waals surface area contributed by atoms with Crippen LogP contribution >= 0.6 is 11.3 Å². The van der Waals surface area contributed by atoms with E-state index in [1.807, 2.05) is 50.4 Å². The van der Waals surface area contributed by atoms with E-state index in [1.54, 1.807) is 11.3 Å². The highest BCUT2D eigenvalue weighted by Gasteiger charge is 2.23. The zero-order valence-electron chi connectivity index (χ0n) is 16.1. The molecule has 0 saturated heterocycles. The number of hydrogen-bond acceptors (Lipinski definition) is 6. The second kappa shape index (κ2) is 7.67. The van der Waals surface area contributed by atoms with Crippen molar-refractivity contribution in [1.82, 2.24) is 4.98 Å². The number of carbonyl (C=O) groups excluding carboxylic acids is 1. The second-order valence-electron chi connectivity index (χ2n) is 6.75. The van der Waals surface area contributed by atoms with Gasteiger partial charge in [-0.2, -0.15) is 0 Å². The topological polar surface area (TPSA) is 73.6 Å². The van der Waals surface area contributed by atoms with E-state index >= 15 is 0 Å². The third kappa shape index (κ3) is 3.75. The molecule has 1 N–H and O–H groups in total. The number of ether oxygens (including phenoxy) is 2. The molecule has 0 aliphatic carbocycles. The predicted molar refractivity (Wildman–Crippen MR) is 108 cm³/mol. The van der Waals surface area contributed by atoms with Crippen LogP contribution in [-0.4, -0.2) is 23.6 Å². The fourth-order valence-electron chi connectivity index (χ4n) is 3.26. The van der Waals surface area contributed by atoms with Crippen molar-refractivity contribution in [3.63, 3.8) is 0 Å². The summed E-state index contributed by atoms with van der Waals surface area (Å²) in [5.74, 6) is 2.47. The van der Waals surface area contributed by atoms with E-state index in [-0.39, 0.29) is 18.4 Å². The lowest BCUT2D eigenvalue weighted by molar-refractivity contribution is -0.115. The van der Waals surface area contributed by atoms with Gasteiger partial charge < -0.3 is 19.2 Å². The molecule has 0 radical (unpaired) electrons. The van der Waals surface area contributed by atoms with E-state index < -0.39 is 0 Å². The summed E-state index contributed by atoms with van der Waals surface area (Å²) in [7, 11) is 0. The highest BCUT2D eigenvalue weighted by molar-refractivity contribution is 7.13. The van der Waals surface area contributed by atoms with Crippen molar-refractivity contribution < 1.29 is 18.7 Å². The van der Waals surface area contributed by atoms with Gasteiger partial charge in [0.05, 0.1) is 29.3 Å². The molecule has 2 aromatic heterocycles. The Kier molecular flexibility index (Phi) is 5.09. The van der Waals surface area contributed by atoms with Gasteiger partial charge in [0.15, 0.2) is 0 Å². The molecule has 6 nitrogen and oxygen atoms in total. The van der Waals surface area contributed by atoms with Crippen LogP contribution in [0.3, 0.4) is 0 Å². The number of aromatic nitrogens is 1. The van der Waals surface area contributed by atoms with Crippen LogP contribution < -0.4 is 14.8 Å². The summed E-state index contributed by atoms with van der Waals surface area (Å²) in [4.78, 5) is 18.1. The first kappa shape index (κ1) is 18.6. The van der Waals surface area contributed by atoms with Gasteiger partial charge in [-0.15, -0.1) is 11.3 Å². The molecular weight excluding hydrogens is 376 g/mol. The Bertz CT molecular complexity index is 994. The Morgan fingerprint density at radius 1 is 1.43 bits per heavy atom. The number of anilines is 1. The molecule has 1 aromatic carbocycles. The molecule has 146 valence electrons. The van der Waals surface area contributed by atoms with Crippen molar-refractivity contribution in [1.29, 1.82) is 0 Å². The third-order valence-corrected chi connectivity index (χ3v) is 5.38. The number of carbonyl (C=O) groups is 1. The van der Waals surface area contributed by atoms with Gasteiger partial charge in [-0.25, -0.2) is 4.98 Å². The van der Waals surface area contributed by atoms with Crippen LogP contribution in [0.1, 0.15) is 30.9 Å². The standard InChI is InChI=1S/C21H22N2O4S/c1-4-25-18-9-14-8-12(2)26-17(14)10-16(18)22-20(24)11-15-13(3)27-21(23-15)19-6-5-7-28-19/h5-7,9-10,12H,4,8,11H2,1-3H3,(H,22,24). The summed E-state index contributed by atoms with van der Waals surface area (Å²) in [5, 5.41) is 4.90. The number of nitrogens with zero attached hydrogens (tertiary/aromatic N) is 1. The number of aryl methyl sites for hydroxylation is 1. The van der Waals surface area contributed by atoms with Crippen molar-refractivity contribution >= 4 is 22.9 Å². The Hall–Kier alpha value is -2.80. The normalized spacial score (nSPS) is 15.2. The SMILES string of the molecule is CCOc1cc2c(cc1NC(=O)Cc1nc(-c3cccs3)oc1C)OC(C)C2. The quantitative estimate of drug-likeness (QED) is 0.656. The highest BCUT2D eigenvalue weighted by atomic mass is 32.1. The van der Waals surface area contributed by atoms with Gasteiger partial charge in [-0.05, 0) is 38.3 Å². The Morgan fingerprint density at radius 3 is 3.04 bits per heavy atom. The fourth-order valence-corrected chi connectivity index (χ4v) is 3.91. The van der Waals surface area contributed by atoms with Crippen molar-refractivity contribution in [2.75, 3.05) is 11.9 Å². The van der Waals surface area contributed by atoms with Gasteiger partial charge in [-0.3, -0.25) is 4.79 Å². The molecular formula is C21H22N2O4S. The van der Waals surface area contributed by atoms with E-state index in [9.17, 15) is 4.79 Å². The van der Waals surface area contributed by atoms with Gasteiger partial charge in [0.1, 0.15) is 23.4 Å². The Labute approximate surface area is 167 Å². The molecule has 28 heavy (non-hydrogen) atoms. The largest absolute Gasteiger partial charge is 0.492 e. The van der Waals surface area contributed by atoms with E-state index in [0.29, 0.717) is 35.4 Å². The molecule has 4 rings (SSSR count). The van der Waals surface area contributed by atoms with Gasteiger partial charge >= 0.3 is 0 Å².